The molecular formula is C17H21N3O2S. The molecule has 5 nitrogen and oxygen atoms in total. The highest BCUT2D eigenvalue weighted by atomic mass is 32.1. The molecule has 3 heterocycles. The number of pyridine rings is 1. The number of aryl methyl sites for hydroxylation is 4. The number of carboxylic acids is 1. The zero-order valence-corrected chi connectivity index (χ0v) is 13.9. The van der Waals surface area contributed by atoms with Crippen LogP contribution in [0.2, 0.25) is 0 Å². The van der Waals surface area contributed by atoms with Crippen LogP contribution in [0.3, 0.4) is 0 Å². The van der Waals surface area contributed by atoms with Gasteiger partial charge in [0.15, 0.2) is 0 Å². The summed E-state index contributed by atoms with van der Waals surface area (Å²) in [6, 6.07) is 4.32. The Bertz CT molecular complexity index is 684. The van der Waals surface area contributed by atoms with E-state index in [4.69, 9.17) is 10.1 Å². The molecule has 0 amide bonds. The number of carboxylic acid groups (broad SMARTS) is 1. The van der Waals surface area contributed by atoms with Gasteiger partial charge in [0.05, 0.1) is 17.1 Å². The summed E-state index contributed by atoms with van der Waals surface area (Å²) < 4.78 is 0. The molecule has 3 rings (SSSR count). The lowest BCUT2D eigenvalue weighted by Crippen LogP contribution is -2.14. The summed E-state index contributed by atoms with van der Waals surface area (Å²) in [5.41, 5.74) is 3.51. The average molecular weight is 331 g/mol. The lowest BCUT2D eigenvalue weighted by atomic mass is 10.1. The molecule has 1 aliphatic heterocycles. The lowest BCUT2D eigenvalue weighted by Gasteiger charge is -2.17. The molecule has 0 fully saturated rings. The second kappa shape index (κ2) is 7.55. The van der Waals surface area contributed by atoms with Crippen molar-refractivity contribution >= 4 is 23.1 Å². The zero-order valence-electron chi connectivity index (χ0n) is 13.0. The summed E-state index contributed by atoms with van der Waals surface area (Å²) >= 11 is 1.56. The van der Waals surface area contributed by atoms with Crippen molar-refractivity contribution in [1.29, 1.82) is 0 Å². The molecule has 122 valence electrons. The Morgan fingerprint density at radius 1 is 1.22 bits per heavy atom. The fraction of sp³-hybridized carbons (Fsp3) is 0.471. The molecule has 1 aliphatic rings. The van der Waals surface area contributed by atoms with Crippen molar-refractivity contribution in [2.75, 3.05) is 11.9 Å². The van der Waals surface area contributed by atoms with Gasteiger partial charge in [-0.25, -0.2) is 9.97 Å². The summed E-state index contributed by atoms with van der Waals surface area (Å²) in [6.07, 6.45) is 5.84. The quantitative estimate of drug-likeness (QED) is 0.815. The van der Waals surface area contributed by atoms with E-state index in [0.29, 0.717) is 6.42 Å². The summed E-state index contributed by atoms with van der Waals surface area (Å²) in [5, 5.41) is 15.0. The van der Waals surface area contributed by atoms with Crippen molar-refractivity contribution in [2.45, 2.75) is 44.9 Å². The van der Waals surface area contributed by atoms with E-state index in [1.54, 1.807) is 11.3 Å². The Morgan fingerprint density at radius 2 is 2.09 bits per heavy atom. The van der Waals surface area contributed by atoms with E-state index in [2.05, 4.69) is 22.4 Å². The van der Waals surface area contributed by atoms with Gasteiger partial charge in [-0.15, -0.1) is 11.3 Å². The van der Waals surface area contributed by atoms with Gasteiger partial charge >= 0.3 is 5.97 Å². The molecule has 0 radical (unpaired) electrons. The van der Waals surface area contributed by atoms with Crippen LogP contribution in [0.4, 0.5) is 5.82 Å². The molecule has 0 unspecified atom stereocenters. The van der Waals surface area contributed by atoms with Gasteiger partial charge in [-0.1, -0.05) is 6.07 Å². The highest BCUT2D eigenvalue weighted by molar-refractivity contribution is 7.09. The molecule has 6 heteroatoms. The Kier molecular flexibility index (Phi) is 5.23. The highest BCUT2D eigenvalue weighted by Gasteiger charge is 2.10. The van der Waals surface area contributed by atoms with E-state index in [9.17, 15) is 4.79 Å². The molecule has 0 spiro atoms. The van der Waals surface area contributed by atoms with Crippen molar-refractivity contribution in [1.82, 2.24) is 9.97 Å². The van der Waals surface area contributed by atoms with Gasteiger partial charge in [0.1, 0.15) is 5.82 Å². The van der Waals surface area contributed by atoms with E-state index in [0.717, 1.165) is 54.4 Å². The van der Waals surface area contributed by atoms with E-state index < -0.39 is 5.97 Å². The second-order valence-corrected chi connectivity index (χ2v) is 6.76. The van der Waals surface area contributed by atoms with Gasteiger partial charge in [0.2, 0.25) is 0 Å². The maximum absolute atomic E-state index is 10.6. The molecule has 0 aromatic carbocycles. The smallest absolute Gasteiger partial charge is 0.303 e. The van der Waals surface area contributed by atoms with Crippen LogP contribution in [0, 0.1) is 0 Å². The molecule has 0 saturated carbocycles. The molecule has 0 saturated heterocycles. The van der Waals surface area contributed by atoms with Gasteiger partial charge in [0, 0.05) is 24.0 Å². The Balaban J connectivity index is 1.48. The summed E-state index contributed by atoms with van der Waals surface area (Å²) in [5.74, 6) is 0.284. The number of thiazole rings is 1. The van der Waals surface area contributed by atoms with E-state index in [1.807, 2.05) is 5.38 Å². The monoisotopic (exact) mass is 331 g/mol. The number of fused-ring (bicyclic) bond motifs is 1. The molecule has 23 heavy (non-hydrogen) atoms. The minimum Gasteiger partial charge on any atom is -0.481 e. The second-order valence-electron chi connectivity index (χ2n) is 5.82. The van der Waals surface area contributed by atoms with Gasteiger partial charge in [0.25, 0.3) is 0 Å². The number of carbonyl (C=O) groups is 1. The number of hydrogen-bond acceptors (Lipinski definition) is 5. The molecule has 0 bridgehead atoms. The fourth-order valence-corrected chi connectivity index (χ4v) is 3.58. The van der Waals surface area contributed by atoms with Crippen molar-refractivity contribution in [2.24, 2.45) is 0 Å². The van der Waals surface area contributed by atoms with Gasteiger partial charge in [-0.2, -0.15) is 0 Å². The van der Waals surface area contributed by atoms with Crippen LogP contribution in [0.1, 0.15) is 41.2 Å². The lowest BCUT2D eigenvalue weighted by molar-refractivity contribution is -0.136. The molecule has 0 aliphatic carbocycles. The van der Waals surface area contributed by atoms with Crippen LogP contribution in [0.5, 0.6) is 0 Å². The number of aliphatic carboxylic acids is 1. The number of anilines is 1. The number of rotatable bonds is 7. The third-order valence-corrected chi connectivity index (χ3v) is 4.93. The predicted molar refractivity (Wildman–Crippen MR) is 91.1 cm³/mol. The number of nitrogens with zero attached hydrogens (tertiary/aromatic N) is 2. The minimum absolute atomic E-state index is 0.152. The SMILES string of the molecule is O=C(O)CCc1nc(CCCc2ccc3c(n2)NCCC3)cs1. The van der Waals surface area contributed by atoms with E-state index in [1.165, 1.54) is 12.0 Å². The maximum atomic E-state index is 10.6. The summed E-state index contributed by atoms with van der Waals surface area (Å²) in [7, 11) is 0. The third kappa shape index (κ3) is 4.51. The molecule has 0 atom stereocenters. The fourth-order valence-electron chi connectivity index (χ4n) is 2.75. The number of hydrogen-bond donors (Lipinski definition) is 2. The van der Waals surface area contributed by atoms with Gasteiger partial charge in [-0.05, 0) is 43.7 Å². The van der Waals surface area contributed by atoms with Crippen LogP contribution in [0.25, 0.3) is 0 Å². The summed E-state index contributed by atoms with van der Waals surface area (Å²) in [6.45, 7) is 1.02. The first-order valence-corrected chi connectivity index (χ1v) is 8.96. The van der Waals surface area contributed by atoms with Crippen LogP contribution in [-0.2, 0) is 30.5 Å². The van der Waals surface area contributed by atoms with Crippen LogP contribution < -0.4 is 5.32 Å². The van der Waals surface area contributed by atoms with Crippen molar-refractivity contribution in [3.8, 4) is 0 Å². The van der Waals surface area contributed by atoms with Crippen LogP contribution in [-0.4, -0.2) is 27.6 Å². The standard InChI is InChI=1S/C17H21N3O2S/c21-16(22)9-8-15-19-14(11-23-15)5-1-4-13-7-6-12-3-2-10-18-17(12)20-13/h6-7,11H,1-5,8-10H2,(H,18,20)(H,21,22). The van der Waals surface area contributed by atoms with Crippen molar-refractivity contribution in [3.05, 3.63) is 39.5 Å². The Labute approximate surface area is 139 Å². The molecule has 2 aromatic heterocycles. The maximum Gasteiger partial charge on any atom is 0.303 e. The third-order valence-electron chi connectivity index (χ3n) is 3.97. The van der Waals surface area contributed by atoms with Gasteiger partial charge < -0.3 is 10.4 Å². The molecule has 2 N–H and O–H groups in total. The zero-order chi connectivity index (χ0) is 16.1. The summed E-state index contributed by atoms with van der Waals surface area (Å²) in [4.78, 5) is 19.8. The van der Waals surface area contributed by atoms with Crippen molar-refractivity contribution in [3.63, 3.8) is 0 Å². The van der Waals surface area contributed by atoms with Crippen LogP contribution in [0.15, 0.2) is 17.5 Å². The van der Waals surface area contributed by atoms with E-state index >= 15 is 0 Å². The van der Waals surface area contributed by atoms with Gasteiger partial charge in [-0.3, -0.25) is 4.79 Å². The normalized spacial score (nSPS) is 13.4. The number of nitrogens with one attached hydrogen (secondary N) is 1. The molecule has 2 aromatic rings. The van der Waals surface area contributed by atoms with E-state index in [-0.39, 0.29) is 6.42 Å². The first kappa shape index (κ1) is 15.9. The predicted octanol–water partition coefficient (Wildman–Crippen LogP) is 3.09. The van der Waals surface area contributed by atoms with Crippen LogP contribution >= 0.6 is 11.3 Å². The first-order chi connectivity index (χ1) is 11.2. The minimum atomic E-state index is -0.770. The molecular weight excluding hydrogens is 310 g/mol. The Hall–Kier alpha value is -1.95. The largest absolute Gasteiger partial charge is 0.481 e. The van der Waals surface area contributed by atoms with Crippen molar-refractivity contribution < 1.29 is 9.90 Å². The highest BCUT2D eigenvalue weighted by Crippen LogP contribution is 2.20. The Morgan fingerprint density at radius 3 is 2.96 bits per heavy atom. The first-order valence-electron chi connectivity index (χ1n) is 8.08. The topological polar surface area (TPSA) is 75.1 Å². The average Bonchev–Trinajstić information content (AvgIpc) is 3.01. The number of aromatic nitrogens is 2.